The Morgan fingerprint density at radius 2 is 1.74 bits per heavy atom. The second kappa shape index (κ2) is 8.77. The van der Waals surface area contributed by atoms with Gasteiger partial charge in [0.2, 0.25) is 5.88 Å². The third kappa shape index (κ3) is 3.74. The van der Waals surface area contributed by atoms with Crippen molar-refractivity contribution >= 4 is 16.4 Å². The van der Waals surface area contributed by atoms with Crippen LogP contribution in [0.1, 0.15) is 28.4 Å². The highest BCUT2D eigenvalue weighted by atomic mass is 16.5. The molecule has 8 heteroatoms. The lowest BCUT2D eigenvalue weighted by Crippen LogP contribution is -2.15. The molecule has 2 aromatic heterocycles. The molecule has 1 aliphatic heterocycles. The van der Waals surface area contributed by atoms with Gasteiger partial charge in [-0.05, 0) is 46.7 Å². The van der Waals surface area contributed by atoms with Crippen molar-refractivity contribution in [1.82, 2.24) is 19.6 Å². The molecule has 0 amide bonds. The van der Waals surface area contributed by atoms with Gasteiger partial charge in [0.25, 0.3) is 0 Å². The van der Waals surface area contributed by atoms with Crippen LogP contribution in [-0.4, -0.2) is 31.8 Å². The molecule has 1 atom stereocenters. The summed E-state index contributed by atoms with van der Waals surface area (Å²) in [5.74, 6) is 2.89. The summed E-state index contributed by atoms with van der Waals surface area (Å²) in [4.78, 5) is 9.38. The highest BCUT2D eigenvalue weighted by Crippen LogP contribution is 2.48. The molecule has 1 N–H and O–H groups in total. The molecule has 3 heterocycles. The largest absolute Gasteiger partial charge is 0.508 e. The summed E-state index contributed by atoms with van der Waals surface area (Å²) in [6.45, 7) is 0.202. The lowest BCUT2D eigenvalue weighted by atomic mass is 9.84. The van der Waals surface area contributed by atoms with Crippen LogP contribution in [0.25, 0.3) is 16.4 Å². The molecule has 8 nitrogen and oxygen atoms in total. The maximum absolute atomic E-state index is 10.1. The summed E-state index contributed by atoms with van der Waals surface area (Å²) in [5.41, 5.74) is 3.33. The normalized spacial score (nSPS) is 14.1. The highest BCUT2D eigenvalue weighted by Gasteiger charge is 2.33. The first-order valence-corrected chi connectivity index (χ1v) is 12.2. The Balaban J connectivity index is 1.29. The molecular weight excluding hydrogens is 480 g/mol. The first-order valence-electron chi connectivity index (χ1n) is 12.2. The van der Waals surface area contributed by atoms with Crippen LogP contribution < -0.4 is 14.2 Å². The summed E-state index contributed by atoms with van der Waals surface area (Å²) in [5, 5.41) is 17.0. The van der Waals surface area contributed by atoms with Crippen LogP contribution >= 0.6 is 0 Å². The van der Waals surface area contributed by atoms with Crippen molar-refractivity contribution in [2.75, 3.05) is 7.11 Å². The van der Waals surface area contributed by atoms with Gasteiger partial charge < -0.3 is 19.3 Å². The fraction of sp³-hybridized carbons (Fsp3) is 0.100. The Labute approximate surface area is 217 Å². The average molecular weight is 503 g/mol. The Kier molecular flexibility index (Phi) is 5.11. The van der Waals surface area contributed by atoms with E-state index in [1.807, 2.05) is 60.7 Å². The molecule has 0 saturated carbocycles. The molecule has 0 radical (unpaired) electrons. The topological polar surface area (TPSA) is 91.0 Å². The number of aromatic hydroxyl groups is 1. The summed E-state index contributed by atoms with van der Waals surface area (Å²) >= 11 is 0. The van der Waals surface area contributed by atoms with E-state index in [1.54, 1.807) is 30.1 Å². The van der Waals surface area contributed by atoms with Crippen LogP contribution in [0.4, 0.5) is 0 Å². The van der Waals surface area contributed by atoms with E-state index in [1.165, 1.54) is 0 Å². The Morgan fingerprint density at radius 1 is 0.921 bits per heavy atom. The van der Waals surface area contributed by atoms with E-state index in [0.29, 0.717) is 23.1 Å². The molecule has 0 unspecified atom stereocenters. The zero-order valence-corrected chi connectivity index (χ0v) is 20.4. The maximum Gasteiger partial charge on any atom is 0.228 e. The van der Waals surface area contributed by atoms with Gasteiger partial charge in [0, 0.05) is 17.5 Å². The van der Waals surface area contributed by atoms with Crippen molar-refractivity contribution in [2.45, 2.75) is 12.5 Å². The number of hydrogen-bond donors (Lipinski definition) is 1. The molecule has 0 spiro atoms. The number of rotatable bonds is 5. The standard InChI is InChI=1S/C30H22N4O4/c1-36-22-10-7-19(8-11-22)27-24-13-9-21(35)15-25(24)38-30-28(27)29-32-26(33-34(29)17-31-30)16-37-23-12-6-18-4-2-3-5-20(18)14-23/h2-15,17,27,35H,16H2,1H3/t27-/m1/s1. The Bertz CT molecular complexity index is 1810. The number of nitrogens with zero attached hydrogens (tertiary/aromatic N) is 4. The zero-order chi connectivity index (χ0) is 25.6. The third-order valence-corrected chi connectivity index (χ3v) is 6.77. The van der Waals surface area contributed by atoms with Crippen LogP contribution in [-0.2, 0) is 6.61 Å². The predicted octanol–water partition coefficient (Wildman–Crippen LogP) is 5.86. The van der Waals surface area contributed by atoms with Crippen LogP contribution in [0, 0.1) is 0 Å². The van der Waals surface area contributed by atoms with Crippen molar-refractivity contribution in [3.63, 3.8) is 0 Å². The quantitative estimate of drug-likeness (QED) is 0.315. The van der Waals surface area contributed by atoms with E-state index >= 15 is 0 Å². The van der Waals surface area contributed by atoms with Gasteiger partial charge in [0.15, 0.2) is 11.5 Å². The molecule has 0 fully saturated rings. The molecule has 6 aromatic rings. The maximum atomic E-state index is 10.1. The Hall–Kier alpha value is -5.11. The minimum absolute atomic E-state index is 0.123. The van der Waals surface area contributed by atoms with Crippen LogP contribution in [0.5, 0.6) is 28.9 Å². The summed E-state index contributed by atoms with van der Waals surface area (Å²) < 4.78 is 19.2. The molecule has 38 heavy (non-hydrogen) atoms. The lowest BCUT2D eigenvalue weighted by Gasteiger charge is -2.28. The first kappa shape index (κ1) is 22.1. The van der Waals surface area contributed by atoms with Gasteiger partial charge in [0.1, 0.15) is 35.9 Å². The van der Waals surface area contributed by atoms with E-state index in [0.717, 1.165) is 39.0 Å². The fourth-order valence-corrected chi connectivity index (χ4v) is 4.96. The van der Waals surface area contributed by atoms with Crippen molar-refractivity contribution < 1.29 is 19.3 Å². The average Bonchev–Trinajstić information content (AvgIpc) is 3.38. The molecule has 186 valence electrons. The van der Waals surface area contributed by atoms with Gasteiger partial charge >= 0.3 is 0 Å². The Morgan fingerprint density at radius 3 is 2.58 bits per heavy atom. The molecule has 0 bridgehead atoms. The van der Waals surface area contributed by atoms with Gasteiger partial charge in [-0.25, -0.2) is 14.5 Å². The number of hydrogen-bond acceptors (Lipinski definition) is 7. The molecule has 0 saturated heterocycles. The second-order valence-corrected chi connectivity index (χ2v) is 9.09. The lowest BCUT2D eigenvalue weighted by molar-refractivity contribution is 0.296. The van der Waals surface area contributed by atoms with E-state index in [-0.39, 0.29) is 18.3 Å². The number of ether oxygens (including phenoxy) is 3. The van der Waals surface area contributed by atoms with Crippen LogP contribution in [0.15, 0.2) is 91.3 Å². The number of fused-ring (bicyclic) bond motifs is 5. The molecular formula is C30H22N4O4. The van der Waals surface area contributed by atoms with Gasteiger partial charge in [-0.1, -0.05) is 48.5 Å². The first-order chi connectivity index (χ1) is 18.7. The van der Waals surface area contributed by atoms with Gasteiger partial charge in [-0.2, -0.15) is 0 Å². The minimum Gasteiger partial charge on any atom is -0.508 e. The molecule has 0 aliphatic carbocycles. The van der Waals surface area contributed by atoms with Gasteiger partial charge in [-0.3, -0.25) is 0 Å². The fourth-order valence-electron chi connectivity index (χ4n) is 4.96. The van der Waals surface area contributed by atoms with E-state index in [9.17, 15) is 5.11 Å². The third-order valence-electron chi connectivity index (χ3n) is 6.77. The van der Waals surface area contributed by atoms with E-state index in [2.05, 4.69) is 22.2 Å². The van der Waals surface area contributed by atoms with Crippen LogP contribution in [0.2, 0.25) is 0 Å². The predicted molar refractivity (Wildman–Crippen MR) is 141 cm³/mol. The zero-order valence-electron chi connectivity index (χ0n) is 20.4. The smallest absolute Gasteiger partial charge is 0.228 e. The monoisotopic (exact) mass is 502 g/mol. The highest BCUT2D eigenvalue weighted by molar-refractivity contribution is 5.83. The number of aromatic nitrogens is 4. The second-order valence-electron chi connectivity index (χ2n) is 9.09. The van der Waals surface area contributed by atoms with Crippen LogP contribution in [0.3, 0.4) is 0 Å². The SMILES string of the molecule is COc1ccc([C@@H]2c3ccc(O)cc3Oc3ncn4nc(COc5ccc6ccccc6c5)nc4c32)cc1. The van der Waals surface area contributed by atoms with E-state index in [4.69, 9.17) is 19.2 Å². The van der Waals surface area contributed by atoms with Gasteiger partial charge in [-0.15, -0.1) is 5.10 Å². The number of methoxy groups -OCH3 is 1. The number of phenols is 1. The van der Waals surface area contributed by atoms with E-state index < -0.39 is 0 Å². The molecule has 7 rings (SSSR count). The van der Waals surface area contributed by atoms with Crippen molar-refractivity contribution in [1.29, 1.82) is 0 Å². The van der Waals surface area contributed by atoms with Crippen molar-refractivity contribution in [3.05, 3.63) is 114 Å². The summed E-state index contributed by atoms with van der Waals surface area (Å²) in [6.07, 6.45) is 1.58. The van der Waals surface area contributed by atoms with Crippen molar-refractivity contribution in [3.8, 4) is 28.9 Å². The number of benzene rings is 4. The molecule has 4 aromatic carbocycles. The summed E-state index contributed by atoms with van der Waals surface area (Å²) in [7, 11) is 1.64. The molecule has 1 aliphatic rings. The van der Waals surface area contributed by atoms with Gasteiger partial charge in [0.05, 0.1) is 12.7 Å². The number of phenolic OH excluding ortho intramolecular Hbond substituents is 1. The van der Waals surface area contributed by atoms with Crippen molar-refractivity contribution in [2.24, 2.45) is 0 Å². The summed E-state index contributed by atoms with van der Waals surface area (Å²) in [6, 6.07) is 27.1. The minimum atomic E-state index is -0.241.